The number of hydrogen-bond acceptors (Lipinski definition) is 5. The van der Waals surface area contributed by atoms with Crippen molar-refractivity contribution in [1.82, 2.24) is 4.57 Å². The molecule has 3 rings (SSSR count). The van der Waals surface area contributed by atoms with E-state index in [1.807, 2.05) is 10.8 Å². The first-order valence-corrected chi connectivity index (χ1v) is 9.82. The summed E-state index contributed by atoms with van der Waals surface area (Å²) >= 11 is 2.84. The van der Waals surface area contributed by atoms with Crippen LogP contribution in [-0.4, -0.2) is 27.4 Å². The minimum Gasteiger partial charge on any atom is -0.315 e. The molecule has 0 saturated heterocycles. The number of hydrogen-bond donors (Lipinski definition) is 0. The lowest BCUT2D eigenvalue weighted by Gasteiger charge is -2.03. The van der Waals surface area contributed by atoms with E-state index in [9.17, 15) is 19.3 Å². The van der Waals surface area contributed by atoms with Crippen LogP contribution in [0.25, 0.3) is 10.2 Å². The summed E-state index contributed by atoms with van der Waals surface area (Å²) in [5, 5.41) is 11.0. The van der Waals surface area contributed by atoms with E-state index in [4.69, 9.17) is 0 Å². The van der Waals surface area contributed by atoms with Gasteiger partial charge in [-0.2, -0.15) is 16.8 Å². The normalized spacial score (nSPS) is 11.8. The average molecular weight is 391 g/mol. The minimum atomic E-state index is -0.552. The molecule has 6 nitrogen and oxygen atoms in total. The first kappa shape index (κ1) is 18.3. The number of amides is 1. The monoisotopic (exact) mass is 391 g/mol. The Morgan fingerprint density at radius 2 is 2.15 bits per heavy atom. The van der Waals surface area contributed by atoms with Gasteiger partial charge in [0.05, 0.1) is 15.1 Å². The van der Waals surface area contributed by atoms with Gasteiger partial charge in [0.1, 0.15) is 5.82 Å². The van der Waals surface area contributed by atoms with E-state index >= 15 is 0 Å². The minimum absolute atomic E-state index is 0.0150. The second kappa shape index (κ2) is 7.79. The Labute approximate surface area is 156 Å². The molecule has 1 amide bonds. The highest BCUT2D eigenvalue weighted by atomic mass is 32.2. The number of rotatable bonds is 5. The van der Waals surface area contributed by atoms with E-state index in [1.165, 1.54) is 41.7 Å². The zero-order chi connectivity index (χ0) is 18.7. The fourth-order valence-corrected chi connectivity index (χ4v) is 3.89. The zero-order valence-electron chi connectivity index (χ0n) is 13.7. The van der Waals surface area contributed by atoms with Crippen LogP contribution >= 0.6 is 23.1 Å². The average Bonchev–Trinajstić information content (AvgIpc) is 2.96. The lowest BCUT2D eigenvalue weighted by atomic mass is 10.2. The standard InChI is InChI=1S/C17H14FN3O3S2/c1-25-8-7-20-14-6-5-13(21(23)24)10-15(14)26-17(20)19-16(22)11-3-2-4-12(18)9-11/h2-6,9-10H,7-8H2,1H3. The van der Waals surface area contributed by atoms with Gasteiger partial charge >= 0.3 is 0 Å². The Kier molecular flexibility index (Phi) is 5.48. The molecule has 134 valence electrons. The van der Waals surface area contributed by atoms with Gasteiger partial charge < -0.3 is 4.57 Å². The van der Waals surface area contributed by atoms with Gasteiger partial charge in [0, 0.05) is 30.0 Å². The molecule has 0 radical (unpaired) electrons. The van der Waals surface area contributed by atoms with Crippen LogP contribution in [0, 0.1) is 15.9 Å². The summed E-state index contributed by atoms with van der Waals surface area (Å²) in [7, 11) is 0. The Balaban J connectivity index is 2.13. The molecule has 0 unspecified atom stereocenters. The van der Waals surface area contributed by atoms with Crippen LogP contribution in [0.15, 0.2) is 47.5 Å². The van der Waals surface area contributed by atoms with Crippen molar-refractivity contribution >= 4 is 44.9 Å². The third-order valence-electron chi connectivity index (χ3n) is 3.66. The number of carbonyl (C=O) groups excluding carboxylic acids is 1. The van der Waals surface area contributed by atoms with Gasteiger partial charge in [-0.15, -0.1) is 0 Å². The number of nitro groups is 1. The van der Waals surface area contributed by atoms with Crippen LogP contribution in [0.3, 0.4) is 0 Å². The highest BCUT2D eigenvalue weighted by Gasteiger charge is 2.13. The Morgan fingerprint density at radius 1 is 1.35 bits per heavy atom. The van der Waals surface area contributed by atoms with Crippen molar-refractivity contribution in [2.45, 2.75) is 6.54 Å². The maximum absolute atomic E-state index is 13.3. The second-order valence-corrected chi connectivity index (χ2v) is 7.36. The molecule has 3 aromatic rings. The molecule has 9 heteroatoms. The summed E-state index contributed by atoms with van der Waals surface area (Å²) in [6.45, 7) is 0.605. The smallest absolute Gasteiger partial charge is 0.279 e. The maximum atomic E-state index is 13.3. The number of nitro benzene ring substituents is 1. The number of fused-ring (bicyclic) bond motifs is 1. The van der Waals surface area contributed by atoms with Gasteiger partial charge in [-0.05, 0) is 30.5 Å². The van der Waals surface area contributed by atoms with Crippen molar-refractivity contribution in [3.63, 3.8) is 0 Å². The van der Waals surface area contributed by atoms with E-state index in [1.54, 1.807) is 17.8 Å². The number of aromatic nitrogens is 1. The molecule has 2 aromatic carbocycles. The fraction of sp³-hybridized carbons (Fsp3) is 0.176. The quantitative estimate of drug-likeness (QED) is 0.489. The molecule has 0 N–H and O–H groups in total. The molecule has 0 atom stereocenters. The molecule has 1 aromatic heterocycles. The Bertz CT molecular complexity index is 1060. The van der Waals surface area contributed by atoms with Crippen LogP contribution in [0.1, 0.15) is 10.4 Å². The third-order valence-corrected chi connectivity index (χ3v) is 5.30. The van der Waals surface area contributed by atoms with Crippen LogP contribution < -0.4 is 4.80 Å². The number of non-ortho nitro benzene ring substituents is 1. The molecule has 0 aliphatic heterocycles. The van der Waals surface area contributed by atoms with Crippen molar-refractivity contribution in [2.75, 3.05) is 12.0 Å². The second-order valence-electron chi connectivity index (χ2n) is 5.37. The van der Waals surface area contributed by atoms with Crippen LogP contribution in [0.5, 0.6) is 0 Å². The number of benzene rings is 2. The predicted molar refractivity (Wildman–Crippen MR) is 101 cm³/mol. The summed E-state index contributed by atoms with van der Waals surface area (Å²) in [6.07, 6.45) is 1.97. The fourth-order valence-electron chi connectivity index (χ4n) is 2.43. The van der Waals surface area contributed by atoms with Gasteiger partial charge in [-0.3, -0.25) is 14.9 Å². The Hall–Kier alpha value is -2.52. The van der Waals surface area contributed by atoms with Crippen LogP contribution in [0.2, 0.25) is 0 Å². The van der Waals surface area contributed by atoms with Crippen molar-refractivity contribution in [1.29, 1.82) is 0 Å². The van der Waals surface area contributed by atoms with Crippen molar-refractivity contribution < 1.29 is 14.1 Å². The number of thiazole rings is 1. The van der Waals surface area contributed by atoms with Gasteiger partial charge in [0.2, 0.25) is 0 Å². The molecule has 0 aliphatic carbocycles. The number of nitrogens with zero attached hydrogens (tertiary/aromatic N) is 3. The lowest BCUT2D eigenvalue weighted by molar-refractivity contribution is -0.384. The highest BCUT2D eigenvalue weighted by molar-refractivity contribution is 7.98. The number of aryl methyl sites for hydroxylation is 1. The van der Waals surface area contributed by atoms with Gasteiger partial charge in [0.25, 0.3) is 11.6 Å². The summed E-state index contributed by atoms with van der Waals surface area (Å²) in [4.78, 5) is 27.5. The molecule has 0 spiro atoms. The van der Waals surface area contributed by atoms with Crippen LogP contribution in [0.4, 0.5) is 10.1 Å². The van der Waals surface area contributed by atoms with Crippen LogP contribution in [-0.2, 0) is 6.54 Å². The summed E-state index contributed by atoms with van der Waals surface area (Å²) in [6, 6.07) is 9.91. The SMILES string of the molecule is CSCCn1c(=NC(=O)c2cccc(F)c2)sc2cc([N+](=O)[O-])ccc21. The highest BCUT2D eigenvalue weighted by Crippen LogP contribution is 2.23. The molecule has 0 aliphatic rings. The molecular weight excluding hydrogens is 377 g/mol. The number of thioether (sulfide) groups is 1. The van der Waals surface area contributed by atoms with Crippen molar-refractivity contribution in [3.05, 3.63) is 68.8 Å². The molecule has 0 saturated carbocycles. The summed E-state index contributed by atoms with van der Waals surface area (Å²) in [5.74, 6) is -0.263. The van der Waals surface area contributed by atoms with E-state index in [-0.39, 0.29) is 11.3 Å². The first-order chi connectivity index (χ1) is 12.5. The lowest BCUT2D eigenvalue weighted by Crippen LogP contribution is -2.18. The number of carbonyl (C=O) groups is 1. The molecule has 0 bridgehead atoms. The van der Waals surface area contributed by atoms with Gasteiger partial charge in [-0.1, -0.05) is 17.4 Å². The van der Waals surface area contributed by atoms with E-state index < -0.39 is 16.6 Å². The van der Waals surface area contributed by atoms with Gasteiger partial charge in [0.15, 0.2) is 4.80 Å². The largest absolute Gasteiger partial charge is 0.315 e. The van der Waals surface area contributed by atoms with Gasteiger partial charge in [-0.25, -0.2) is 4.39 Å². The topological polar surface area (TPSA) is 77.5 Å². The van der Waals surface area contributed by atoms with Crippen molar-refractivity contribution in [3.8, 4) is 0 Å². The summed E-state index contributed by atoms with van der Waals surface area (Å²) < 4.78 is 15.9. The summed E-state index contributed by atoms with van der Waals surface area (Å²) in [5.41, 5.74) is 0.920. The third kappa shape index (κ3) is 3.83. The predicted octanol–water partition coefficient (Wildman–Crippen LogP) is 3.85. The van der Waals surface area contributed by atoms with Crippen molar-refractivity contribution in [2.24, 2.45) is 4.99 Å². The van der Waals surface area contributed by atoms with E-state index in [2.05, 4.69) is 4.99 Å². The Morgan fingerprint density at radius 3 is 2.85 bits per heavy atom. The first-order valence-electron chi connectivity index (χ1n) is 7.61. The molecular formula is C17H14FN3O3S2. The zero-order valence-corrected chi connectivity index (χ0v) is 15.3. The van der Waals surface area contributed by atoms with E-state index in [0.29, 0.717) is 16.0 Å². The maximum Gasteiger partial charge on any atom is 0.279 e. The number of halogens is 1. The molecule has 1 heterocycles. The molecule has 0 fully saturated rings. The van der Waals surface area contributed by atoms with E-state index in [0.717, 1.165) is 17.3 Å². The molecule has 26 heavy (non-hydrogen) atoms.